The number of benzene rings is 1. The van der Waals surface area contributed by atoms with Crippen molar-refractivity contribution in [3.05, 3.63) is 29.3 Å². The molecule has 5 heteroatoms. The number of nitrogens with two attached hydrogens (primary N) is 1. The van der Waals surface area contributed by atoms with Gasteiger partial charge in [0.1, 0.15) is 6.61 Å². The third-order valence-corrected chi connectivity index (χ3v) is 4.10. The number of carbonyl (C=O) groups excluding carboxylic acids is 1. The topological polar surface area (TPSA) is 64.3 Å². The molecule has 2 aliphatic carbocycles. The van der Waals surface area contributed by atoms with Gasteiger partial charge in [0, 0.05) is 5.69 Å². The number of hydrogen-bond donors (Lipinski definition) is 2. The van der Waals surface area contributed by atoms with Crippen molar-refractivity contribution >= 4 is 24.0 Å². The van der Waals surface area contributed by atoms with Crippen LogP contribution in [-0.4, -0.2) is 19.1 Å². The molecule has 0 bridgehead atoms. The number of nitrogen functional groups attached to an aromatic ring is 1. The maximum Gasteiger partial charge on any atom is 0.246 e. The molecule has 1 saturated carbocycles. The highest BCUT2D eigenvalue weighted by Crippen LogP contribution is 2.31. The van der Waals surface area contributed by atoms with Gasteiger partial charge in [-0.15, -0.1) is 12.4 Å². The fraction of sp³-hybridized carbons (Fsp3) is 0.562. The number of amides is 1. The van der Waals surface area contributed by atoms with Gasteiger partial charge in [-0.3, -0.25) is 4.79 Å². The fourth-order valence-corrected chi connectivity index (χ4v) is 2.82. The molecule has 0 aromatic heterocycles. The van der Waals surface area contributed by atoms with Crippen LogP contribution < -0.4 is 11.1 Å². The van der Waals surface area contributed by atoms with Gasteiger partial charge in [-0.05, 0) is 61.3 Å². The summed E-state index contributed by atoms with van der Waals surface area (Å²) in [4.78, 5) is 11.9. The number of fused-ring (bicyclic) bond motifs is 1. The van der Waals surface area contributed by atoms with Crippen LogP contribution in [0.25, 0.3) is 0 Å². The normalized spacial score (nSPS) is 20.3. The molecule has 0 saturated heterocycles. The van der Waals surface area contributed by atoms with Gasteiger partial charge in [0.15, 0.2) is 0 Å². The summed E-state index contributed by atoms with van der Waals surface area (Å²) in [5.74, 6) is 0.682. The molecule has 0 radical (unpaired) electrons. The third kappa shape index (κ3) is 4.35. The lowest BCUT2D eigenvalue weighted by atomic mass is 9.87. The monoisotopic (exact) mass is 310 g/mol. The molecule has 3 rings (SSSR count). The number of hydrogen-bond acceptors (Lipinski definition) is 3. The Labute approximate surface area is 131 Å². The summed E-state index contributed by atoms with van der Waals surface area (Å²) < 4.78 is 5.44. The van der Waals surface area contributed by atoms with Crippen molar-refractivity contribution in [2.45, 2.75) is 38.1 Å². The van der Waals surface area contributed by atoms with E-state index in [4.69, 9.17) is 10.5 Å². The van der Waals surface area contributed by atoms with Crippen LogP contribution in [0.4, 0.5) is 5.69 Å². The van der Waals surface area contributed by atoms with Crippen molar-refractivity contribution in [2.24, 2.45) is 5.92 Å². The third-order valence-electron chi connectivity index (χ3n) is 4.10. The van der Waals surface area contributed by atoms with Crippen LogP contribution in [0.15, 0.2) is 18.2 Å². The zero-order valence-electron chi connectivity index (χ0n) is 12.1. The lowest BCUT2D eigenvalue weighted by molar-refractivity contribution is -0.126. The highest BCUT2D eigenvalue weighted by Gasteiger charge is 2.23. The molecule has 0 spiro atoms. The smallest absolute Gasteiger partial charge is 0.246 e. The average Bonchev–Trinajstić information content (AvgIpc) is 3.23. The number of ether oxygens (including phenoxy) is 1. The van der Waals surface area contributed by atoms with Crippen molar-refractivity contribution in [2.75, 3.05) is 18.9 Å². The van der Waals surface area contributed by atoms with Crippen LogP contribution in [0.5, 0.6) is 0 Å². The second-order valence-corrected chi connectivity index (χ2v) is 5.93. The van der Waals surface area contributed by atoms with E-state index < -0.39 is 0 Å². The summed E-state index contributed by atoms with van der Waals surface area (Å²) in [6.07, 6.45) is 5.62. The maximum absolute atomic E-state index is 11.9. The molecular weight excluding hydrogens is 288 g/mol. The van der Waals surface area contributed by atoms with Crippen molar-refractivity contribution in [3.8, 4) is 0 Å². The zero-order valence-corrected chi connectivity index (χ0v) is 13.0. The van der Waals surface area contributed by atoms with E-state index in [9.17, 15) is 4.79 Å². The molecule has 1 amide bonds. The Bertz CT molecular complexity index is 503. The minimum absolute atomic E-state index is 0. The van der Waals surface area contributed by atoms with Crippen LogP contribution >= 0.6 is 12.4 Å². The van der Waals surface area contributed by atoms with Crippen molar-refractivity contribution < 1.29 is 9.53 Å². The van der Waals surface area contributed by atoms with Gasteiger partial charge in [0.2, 0.25) is 5.91 Å². The molecular formula is C16H23ClN2O2. The molecule has 1 unspecified atom stereocenters. The first-order valence-electron chi connectivity index (χ1n) is 7.48. The van der Waals surface area contributed by atoms with Crippen LogP contribution in [0.3, 0.4) is 0 Å². The predicted molar refractivity (Wildman–Crippen MR) is 85.5 cm³/mol. The standard InChI is InChI=1S/C16H22N2O2.ClH/c17-13-6-7-14-12(8-13)2-1-3-15(14)18-16(19)10-20-9-11-4-5-11;/h6-8,11,15H,1-5,9-10,17H2,(H,18,19);1H. The van der Waals surface area contributed by atoms with Crippen molar-refractivity contribution in [1.82, 2.24) is 5.32 Å². The van der Waals surface area contributed by atoms with Gasteiger partial charge in [0.05, 0.1) is 12.6 Å². The minimum Gasteiger partial charge on any atom is -0.399 e. The van der Waals surface area contributed by atoms with Crippen LogP contribution in [-0.2, 0) is 16.0 Å². The van der Waals surface area contributed by atoms with E-state index >= 15 is 0 Å². The zero-order chi connectivity index (χ0) is 13.9. The summed E-state index contributed by atoms with van der Waals surface area (Å²) in [6, 6.07) is 6.08. The fourth-order valence-electron chi connectivity index (χ4n) is 2.82. The summed E-state index contributed by atoms with van der Waals surface area (Å²) in [5, 5.41) is 3.08. The number of halogens is 1. The molecule has 4 nitrogen and oxygen atoms in total. The van der Waals surface area contributed by atoms with Crippen LogP contribution in [0, 0.1) is 5.92 Å². The first-order chi connectivity index (χ1) is 9.72. The molecule has 1 aromatic carbocycles. The second-order valence-electron chi connectivity index (χ2n) is 5.93. The number of carbonyl (C=O) groups is 1. The highest BCUT2D eigenvalue weighted by molar-refractivity contribution is 5.85. The van der Waals surface area contributed by atoms with Crippen LogP contribution in [0.2, 0.25) is 0 Å². The van der Waals surface area contributed by atoms with Crippen molar-refractivity contribution in [3.63, 3.8) is 0 Å². The molecule has 1 atom stereocenters. The summed E-state index contributed by atoms with van der Waals surface area (Å²) in [5.41, 5.74) is 9.09. The Balaban J connectivity index is 0.00000161. The maximum atomic E-state index is 11.9. The van der Waals surface area contributed by atoms with Gasteiger partial charge < -0.3 is 15.8 Å². The van der Waals surface area contributed by atoms with E-state index in [0.717, 1.165) is 31.6 Å². The number of anilines is 1. The molecule has 116 valence electrons. The predicted octanol–water partition coefficient (Wildman–Crippen LogP) is 2.61. The minimum atomic E-state index is -0.0136. The van der Waals surface area contributed by atoms with E-state index in [1.54, 1.807) is 0 Å². The second kappa shape index (κ2) is 7.14. The van der Waals surface area contributed by atoms with Crippen LogP contribution in [0.1, 0.15) is 42.9 Å². The lowest BCUT2D eigenvalue weighted by Crippen LogP contribution is -2.33. The Morgan fingerprint density at radius 2 is 2.14 bits per heavy atom. The first kappa shape index (κ1) is 16.1. The van der Waals surface area contributed by atoms with E-state index in [2.05, 4.69) is 5.32 Å². The number of rotatable bonds is 5. The molecule has 21 heavy (non-hydrogen) atoms. The largest absolute Gasteiger partial charge is 0.399 e. The Kier molecular flexibility index (Phi) is 5.48. The van der Waals surface area contributed by atoms with Gasteiger partial charge in [0.25, 0.3) is 0 Å². The van der Waals surface area contributed by atoms with Crippen molar-refractivity contribution in [1.29, 1.82) is 0 Å². The number of aryl methyl sites for hydroxylation is 1. The summed E-state index contributed by atoms with van der Waals surface area (Å²) in [6.45, 7) is 0.905. The van der Waals surface area contributed by atoms with E-state index in [0.29, 0.717) is 5.92 Å². The molecule has 3 N–H and O–H groups in total. The Hall–Kier alpha value is -1.26. The quantitative estimate of drug-likeness (QED) is 0.822. The summed E-state index contributed by atoms with van der Waals surface area (Å²) >= 11 is 0. The van der Waals surface area contributed by atoms with E-state index in [1.165, 1.54) is 24.0 Å². The Morgan fingerprint density at radius 1 is 1.33 bits per heavy atom. The summed E-state index contributed by atoms with van der Waals surface area (Å²) in [7, 11) is 0. The Morgan fingerprint density at radius 3 is 2.90 bits per heavy atom. The molecule has 1 fully saturated rings. The molecule has 0 aliphatic heterocycles. The molecule has 2 aliphatic rings. The van der Waals surface area contributed by atoms with Gasteiger partial charge >= 0.3 is 0 Å². The molecule has 0 heterocycles. The first-order valence-corrected chi connectivity index (χ1v) is 7.48. The average molecular weight is 311 g/mol. The van der Waals surface area contributed by atoms with Gasteiger partial charge in [-0.1, -0.05) is 6.07 Å². The highest BCUT2D eigenvalue weighted by atomic mass is 35.5. The van der Waals surface area contributed by atoms with Gasteiger partial charge in [-0.25, -0.2) is 0 Å². The van der Waals surface area contributed by atoms with E-state index in [1.807, 2.05) is 18.2 Å². The SMILES string of the molecule is Cl.Nc1ccc2c(c1)CCCC2NC(=O)COCC1CC1. The van der Waals surface area contributed by atoms with E-state index in [-0.39, 0.29) is 31.0 Å². The lowest BCUT2D eigenvalue weighted by Gasteiger charge is -2.26. The molecule has 1 aromatic rings. The van der Waals surface area contributed by atoms with Gasteiger partial charge in [-0.2, -0.15) is 0 Å². The number of nitrogens with one attached hydrogen (secondary N) is 1.